The maximum atomic E-state index is 11.9. The van der Waals surface area contributed by atoms with Gasteiger partial charge in [0.05, 0.1) is 12.6 Å². The lowest BCUT2D eigenvalue weighted by molar-refractivity contribution is 0.0931. The summed E-state index contributed by atoms with van der Waals surface area (Å²) in [5.41, 5.74) is 3.52. The third-order valence-electron chi connectivity index (χ3n) is 4.49. The van der Waals surface area contributed by atoms with E-state index in [2.05, 4.69) is 27.3 Å². The van der Waals surface area contributed by atoms with E-state index >= 15 is 0 Å². The van der Waals surface area contributed by atoms with E-state index < -0.39 is 0 Å². The van der Waals surface area contributed by atoms with Crippen molar-refractivity contribution in [3.8, 4) is 5.75 Å². The summed E-state index contributed by atoms with van der Waals surface area (Å²) in [5.74, 6) is 1.39. The number of likely N-dealkylation sites (tertiary alicyclic amines) is 1. The number of nitrogens with zero attached hydrogens (tertiary/aromatic N) is 2. The molecule has 1 amide bonds. The van der Waals surface area contributed by atoms with Gasteiger partial charge in [0.2, 0.25) is 0 Å². The second-order valence-corrected chi connectivity index (χ2v) is 6.87. The Kier molecular flexibility index (Phi) is 5.82. The average Bonchev–Trinajstić information content (AvgIpc) is 3.16. The summed E-state index contributed by atoms with van der Waals surface area (Å²) < 4.78 is 5.19. The predicted molar refractivity (Wildman–Crippen MR) is 95.4 cm³/mol. The molecule has 1 fully saturated rings. The Hall–Kier alpha value is -1.92. The van der Waals surface area contributed by atoms with Gasteiger partial charge in [-0.05, 0) is 49.5 Å². The zero-order chi connectivity index (χ0) is 16.8. The molecule has 1 aliphatic heterocycles. The van der Waals surface area contributed by atoms with E-state index in [0.717, 1.165) is 44.8 Å². The highest BCUT2D eigenvalue weighted by molar-refractivity contribution is 7.07. The SMILES string of the molecule is COc1ccc(CN2CCC(CNC(=O)c3cscn3)CC2)cc1. The van der Waals surface area contributed by atoms with Crippen molar-refractivity contribution in [2.45, 2.75) is 19.4 Å². The molecule has 1 N–H and O–H groups in total. The van der Waals surface area contributed by atoms with Crippen LogP contribution >= 0.6 is 11.3 Å². The molecule has 1 aromatic heterocycles. The molecule has 3 rings (SSSR count). The van der Waals surface area contributed by atoms with Gasteiger partial charge in [-0.25, -0.2) is 4.98 Å². The van der Waals surface area contributed by atoms with Crippen molar-refractivity contribution in [1.29, 1.82) is 0 Å². The molecular formula is C18H23N3O2S. The first kappa shape index (κ1) is 16.9. The number of rotatable bonds is 6. The number of carbonyl (C=O) groups excluding carboxylic acids is 1. The van der Waals surface area contributed by atoms with Gasteiger partial charge in [-0.3, -0.25) is 9.69 Å². The smallest absolute Gasteiger partial charge is 0.270 e. The molecule has 1 saturated heterocycles. The predicted octanol–water partition coefficient (Wildman–Crippen LogP) is 2.79. The molecule has 1 aromatic carbocycles. The summed E-state index contributed by atoms with van der Waals surface area (Å²) in [6.07, 6.45) is 2.24. The molecule has 24 heavy (non-hydrogen) atoms. The van der Waals surface area contributed by atoms with Crippen molar-refractivity contribution >= 4 is 17.2 Å². The molecule has 0 saturated carbocycles. The first-order chi connectivity index (χ1) is 11.7. The molecule has 5 nitrogen and oxygen atoms in total. The second-order valence-electron chi connectivity index (χ2n) is 6.15. The highest BCUT2D eigenvalue weighted by Crippen LogP contribution is 2.19. The van der Waals surface area contributed by atoms with Gasteiger partial charge in [0.15, 0.2) is 0 Å². The van der Waals surface area contributed by atoms with E-state index in [1.165, 1.54) is 16.9 Å². The van der Waals surface area contributed by atoms with Crippen molar-refractivity contribution in [3.63, 3.8) is 0 Å². The first-order valence-electron chi connectivity index (χ1n) is 8.26. The molecule has 0 bridgehead atoms. The normalized spacial score (nSPS) is 16.0. The molecule has 0 spiro atoms. The Morgan fingerprint density at radius 1 is 1.33 bits per heavy atom. The van der Waals surface area contributed by atoms with Gasteiger partial charge in [-0.1, -0.05) is 12.1 Å². The maximum absolute atomic E-state index is 11.9. The van der Waals surface area contributed by atoms with Gasteiger partial charge in [0, 0.05) is 18.5 Å². The van der Waals surface area contributed by atoms with Crippen molar-refractivity contribution in [3.05, 3.63) is 46.4 Å². The fourth-order valence-corrected chi connectivity index (χ4v) is 3.52. The van der Waals surface area contributed by atoms with Crippen LogP contribution in [0.25, 0.3) is 0 Å². The number of aromatic nitrogens is 1. The van der Waals surface area contributed by atoms with Crippen LogP contribution in [0.1, 0.15) is 28.9 Å². The molecule has 2 heterocycles. The number of ether oxygens (including phenoxy) is 1. The number of methoxy groups -OCH3 is 1. The van der Waals surface area contributed by atoms with Crippen LogP contribution in [0.5, 0.6) is 5.75 Å². The summed E-state index contributed by atoms with van der Waals surface area (Å²) in [4.78, 5) is 18.4. The van der Waals surface area contributed by atoms with Crippen molar-refractivity contribution < 1.29 is 9.53 Å². The van der Waals surface area contributed by atoms with Crippen molar-refractivity contribution in [1.82, 2.24) is 15.2 Å². The third kappa shape index (κ3) is 4.55. The fraction of sp³-hybridized carbons (Fsp3) is 0.444. The van der Waals surface area contributed by atoms with E-state index in [-0.39, 0.29) is 5.91 Å². The number of thiazole rings is 1. The quantitative estimate of drug-likeness (QED) is 0.875. The molecular weight excluding hydrogens is 322 g/mol. The van der Waals surface area contributed by atoms with Crippen LogP contribution in [0.4, 0.5) is 0 Å². The topological polar surface area (TPSA) is 54.5 Å². The van der Waals surface area contributed by atoms with Crippen LogP contribution in [0.2, 0.25) is 0 Å². The lowest BCUT2D eigenvalue weighted by Gasteiger charge is -2.32. The molecule has 128 valence electrons. The lowest BCUT2D eigenvalue weighted by Crippen LogP contribution is -2.38. The Labute approximate surface area is 146 Å². The van der Waals surface area contributed by atoms with E-state index in [1.807, 2.05) is 12.1 Å². The largest absolute Gasteiger partial charge is 0.497 e. The Balaban J connectivity index is 1.39. The number of amides is 1. The van der Waals surface area contributed by atoms with Crippen molar-refractivity contribution in [2.24, 2.45) is 5.92 Å². The van der Waals surface area contributed by atoms with E-state index in [4.69, 9.17) is 4.74 Å². The van der Waals surface area contributed by atoms with Crippen LogP contribution in [0.15, 0.2) is 35.2 Å². The summed E-state index contributed by atoms with van der Waals surface area (Å²) in [7, 11) is 1.69. The molecule has 2 aromatic rings. The number of hydrogen-bond donors (Lipinski definition) is 1. The van der Waals surface area contributed by atoms with Gasteiger partial charge in [0.1, 0.15) is 11.4 Å². The number of carbonyl (C=O) groups is 1. The standard InChI is InChI=1S/C18H23N3O2S/c1-23-16-4-2-15(3-5-16)11-21-8-6-14(7-9-21)10-19-18(22)17-12-24-13-20-17/h2-5,12-14H,6-11H2,1H3,(H,19,22). The molecule has 0 atom stereocenters. The Bertz CT molecular complexity index is 635. The van der Waals surface area contributed by atoms with Gasteiger partial charge in [-0.2, -0.15) is 0 Å². The third-order valence-corrected chi connectivity index (χ3v) is 5.08. The van der Waals surface area contributed by atoms with Crippen LogP contribution < -0.4 is 10.1 Å². The van der Waals surface area contributed by atoms with E-state index in [9.17, 15) is 4.79 Å². The second kappa shape index (κ2) is 8.26. The fourth-order valence-electron chi connectivity index (χ4n) is 2.99. The lowest BCUT2D eigenvalue weighted by atomic mass is 9.96. The number of nitrogens with one attached hydrogen (secondary N) is 1. The van der Waals surface area contributed by atoms with Gasteiger partial charge >= 0.3 is 0 Å². The van der Waals surface area contributed by atoms with Gasteiger partial charge in [0.25, 0.3) is 5.91 Å². The minimum Gasteiger partial charge on any atom is -0.497 e. The highest BCUT2D eigenvalue weighted by Gasteiger charge is 2.20. The first-order valence-corrected chi connectivity index (χ1v) is 9.20. The summed E-state index contributed by atoms with van der Waals surface area (Å²) in [6.45, 7) is 3.86. The van der Waals surface area contributed by atoms with Crippen LogP contribution in [-0.2, 0) is 6.54 Å². The minimum absolute atomic E-state index is 0.0584. The number of hydrogen-bond acceptors (Lipinski definition) is 5. The van der Waals surface area contributed by atoms with Crippen LogP contribution in [0.3, 0.4) is 0 Å². The molecule has 6 heteroatoms. The monoisotopic (exact) mass is 345 g/mol. The van der Waals surface area contributed by atoms with E-state index in [1.54, 1.807) is 18.0 Å². The molecule has 0 radical (unpaired) electrons. The number of benzene rings is 1. The van der Waals surface area contributed by atoms with Gasteiger partial charge in [-0.15, -0.1) is 11.3 Å². The van der Waals surface area contributed by atoms with E-state index in [0.29, 0.717) is 11.6 Å². The summed E-state index contributed by atoms with van der Waals surface area (Å²) in [6, 6.07) is 8.27. The zero-order valence-electron chi connectivity index (χ0n) is 13.9. The molecule has 0 unspecified atom stereocenters. The minimum atomic E-state index is -0.0584. The maximum Gasteiger partial charge on any atom is 0.270 e. The average molecular weight is 345 g/mol. The molecule has 1 aliphatic rings. The highest BCUT2D eigenvalue weighted by atomic mass is 32.1. The zero-order valence-corrected chi connectivity index (χ0v) is 14.7. The van der Waals surface area contributed by atoms with Gasteiger partial charge < -0.3 is 10.1 Å². The van der Waals surface area contributed by atoms with Crippen LogP contribution in [0, 0.1) is 5.92 Å². The Morgan fingerprint density at radius 3 is 2.71 bits per heavy atom. The summed E-state index contributed by atoms with van der Waals surface area (Å²) >= 11 is 1.45. The number of piperidine rings is 1. The van der Waals surface area contributed by atoms with Crippen molar-refractivity contribution in [2.75, 3.05) is 26.7 Å². The Morgan fingerprint density at radius 2 is 2.08 bits per heavy atom. The summed E-state index contributed by atoms with van der Waals surface area (Å²) in [5, 5.41) is 4.79. The molecule has 0 aliphatic carbocycles. The van der Waals surface area contributed by atoms with Crippen LogP contribution in [-0.4, -0.2) is 42.5 Å².